The zero-order chi connectivity index (χ0) is 15.9. The predicted octanol–water partition coefficient (Wildman–Crippen LogP) is 3.54. The summed E-state index contributed by atoms with van der Waals surface area (Å²) in [5.74, 6) is 1.11. The first-order valence-corrected chi connectivity index (χ1v) is 8.53. The lowest BCUT2D eigenvalue weighted by molar-refractivity contribution is -0.113. The number of anilines is 1. The van der Waals surface area contributed by atoms with Crippen LogP contribution in [-0.4, -0.2) is 26.4 Å². The fraction of sp³-hybridized carbons (Fsp3) is 0.400. The van der Waals surface area contributed by atoms with Crippen LogP contribution >= 0.6 is 23.4 Å². The maximum absolute atomic E-state index is 12.0. The van der Waals surface area contributed by atoms with Crippen LogP contribution in [0.25, 0.3) is 0 Å². The molecular formula is C15H19ClN4OS. The number of benzene rings is 1. The number of para-hydroxylation sites is 1. The van der Waals surface area contributed by atoms with Crippen molar-refractivity contribution >= 4 is 35.0 Å². The lowest BCUT2D eigenvalue weighted by Crippen LogP contribution is -2.14. The molecule has 7 heteroatoms. The molecule has 0 radical (unpaired) electrons. The monoisotopic (exact) mass is 338 g/mol. The number of nitrogens with zero attached hydrogens (tertiary/aromatic N) is 3. The number of hydrogen-bond donors (Lipinski definition) is 1. The largest absolute Gasteiger partial charge is 0.324 e. The molecule has 1 amide bonds. The summed E-state index contributed by atoms with van der Waals surface area (Å²) in [6.07, 6.45) is 3.12. The van der Waals surface area contributed by atoms with Gasteiger partial charge in [0.05, 0.1) is 16.5 Å². The van der Waals surface area contributed by atoms with E-state index in [-0.39, 0.29) is 11.7 Å². The summed E-state index contributed by atoms with van der Waals surface area (Å²) in [6, 6.07) is 7.17. The number of thioether (sulfide) groups is 1. The first kappa shape index (κ1) is 16.8. The molecule has 2 aromatic rings. The van der Waals surface area contributed by atoms with E-state index in [4.69, 9.17) is 11.6 Å². The maximum atomic E-state index is 12.0. The van der Waals surface area contributed by atoms with Crippen LogP contribution in [0.15, 0.2) is 29.4 Å². The lowest BCUT2D eigenvalue weighted by Gasteiger charge is -2.06. The molecule has 2 rings (SSSR count). The Labute approximate surface area is 139 Å². The second-order valence-electron chi connectivity index (χ2n) is 4.88. The van der Waals surface area contributed by atoms with Gasteiger partial charge in [-0.3, -0.25) is 4.79 Å². The SMILES string of the molecule is CCCCc1nnc(SCC(=O)Nc2ccccc2Cl)n1C. The van der Waals surface area contributed by atoms with E-state index >= 15 is 0 Å². The summed E-state index contributed by atoms with van der Waals surface area (Å²) in [7, 11) is 1.93. The quantitative estimate of drug-likeness (QED) is 0.784. The van der Waals surface area contributed by atoms with Gasteiger partial charge in [0.2, 0.25) is 5.91 Å². The van der Waals surface area contributed by atoms with Crippen molar-refractivity contribution in [3.05, 3.63) is 35.1 Å². The van der Waals surface area contributed by atoms with Gasteiger partial charge >= 0.3 is 0 Å². The Hall–Kier alpha value is -1.53. The van der Waals surface area contributed by atoms with Gasteiger partial charge in [0.1, 0.15) is 5.82 Å². The van der Waals surface area contributed by atoms with Crippen molar-refractivity contribution in [1.29, 1.82) is 0 Å². The zero-order valence-corrected chi connectivity index (χ0v) is 14.2. The van der Waals surface area contributed by atoms with Gasteiger partial charge < -0.3 is 9.88 Å². The van der Waals surface area contributed by atoms with Crippen LogP contribution in [0.5, 0.6) is 0 Å². The molecule has 118 valence electrons. The maximum Gasteiger partial charge on any atom is 0.234 e. The van der Waals surface area contributed by atoms with E-state index in [0.29, 0.717) is 10.7 Å². The van der Waals surface area contributed by atoms with Crippen molar-refractivity contribution in [2.24, 2.45) is 7.05 Å². The molecule has 5 nitrogen and oxygen atoms in total. The van der Waals surface area contributed by atoms with Crippen molar-refractivity contribution in [2.75, 3.05) is 11.1 Å². The van der Waals surface area contributed by atoms with Crippen LogP contribution in [0.1, 0.15) is 25.6 Å². The van der Waals surface area contributed by atoms with Crippen molar-refractivity contribution in [3.8, 4) is 0 Å². The summed E-state index contributed by atoms with van der Waals surface area (Å²) in [5.41, 5.74) is 0.622. The average Bonchev–Trinajstić information content (AvgIpc) is 2.86. The van der Waals surface area contributed by atoms with Crippen molar-refractivity contribution < 1.29 is 4.79 Å². The molecule has 1 aromatic carbocycles. The molecule has 0 bridgehead atoms. The summed E-state index contributed by atoms with van der Waals surface area (Å²) in [5, 5.41) is 12.4. The Balaban J connectivity index is 1.89. The molecule has 0 fully saturated rings. The highest BCUT2D eigenvalue weighted by atomic mass is 35.5. The number of halogens is 1. The Morgan fingerprint density at radius 1 is 1.36 bits per heavy atom. The van der Waals surface area contributed by atoms with Gasteiger partial charge in [0.15, 0.2) is 5.16 Å². The summed E-state index contributed by atoms with van der Waals surface area (Å²) < 4.78 is 1.95. The number of unbranched alkanes of at least 4 members (excludes halogenated alkanes) is 1. The van der Waals surface area contributed by atoms with Gasteiger partial charge in [-0.25, -0.2) is 0 Å². The van der Waals surface area contributed by atoms with E-state index in [2.05, 4.69) is 22.4 Å². The predicted molar refractivity (Wildman–Crippen MR) is 90.4 cm³/mol. The van der Waals surface area contributed by atoms with Crippen molar-refractivity contribution in [3.63, 3.8) is 0 Å². The molecule has 0 spiro atoms. The van der Waals surface area contributed by atoms with E-state index in [1.807, 2.05) is 23.7 Å². The minimum atomic E-state index is -0.115. The van der Waals surface area contributed by atoms with E-state index in [1.54, 1.807) is 12.1 Å². The first-order valence-electron chi connectivity index (χ1n) is 7.17. The lowest BCUT2D eigenvalue weighted by atomic mass is 10.2. The number of aromatic nitrogens is 3. The Morgan fingerprint density at radius 2 is 2.14 bits per heavy atom. The normalized spacial score (nSPS) is 10.7. The molecule has 22 heavy (non-hydrogen) atoms. The molecule has 1 heterocycles. The van der Waals surface area contributed by atoms with Crippen LogP contribution in [0.2, 0.25) is 5.02 Å². The van der Waals surface area contributed by atoms with E-state index in [0.717, 1.165) is 30.2 Å². The first-order chi connectivity index (χ1) is 10.6. The molecule has 0 aliphatic carbocycles. The molecule has 0 saturated carbocycles. The van der Waals surface area contributed by atoms with Gasteiger partial charge in [0, 0.05) is 13.5 Å². The van der Waals surface area contributed by atoms with Crippen LogP contribution in [0.3, 0.4) is 0 Å². The molecule has 0 aliphatic heterocycles. The Kier molecular flexibility index (Phi) is 6.27. The highest BCUT2D eigenvalue weighted by Crippen LogP contribution is 2.21. The van der Waals surface area contributed by atoms with Gasteiger partial charge in [-0.15, -0.1) is 10.2 Å². The van der Waals surface area contributed by atoms with E-state index in [1.165, 1.54) is 11.8 Å². The highest BCUT2D eigenvalue weighted by molar-refractivity contribution is 7.99. The minimum absolute atomic E-state index is 0.115. The average molecular weight is 339 g/mol. The summed E-state index contributed by atoms with van der Waals surface area (Å²) in [4.78, 5) is 12.0. The number of amides is 1. The molecule has 1 N–H and O–H groups in total. The standard InChI is InChI=1S/C15H19ClN4OS/c1-3-4-9-13-18-19-15(20(13)2)22-10-14(21)17-12-8-6-5-7-11(12)16/h5-8H,3-4,9-10H2,1-2H3,(H,17,21). The molecular weight excluding hydrogens is 320 g/mol. The fourth-order valence-electron chi connectivity index (χ4n) is 1.90. The Bertz CT molecular complexity index is 644. The van der Waals surface area contributed by atoms with Gasteiger partial charge in [-0.05, 0) is 18.6 Å². The van der Waals surface area contributed by atoms with Gasteiger partial charge in [-0.2, -0.15) is 0 Å². The number of rotatable bonds is 7. The van der Waals surface area contributed by atoms with E-state index in [9.17, 15) is 4.79 Å². The summed E-state index contributed by atoms with van der Waals surface area (Å²) in [6.45, 7) is 2.14. The number of nitrogens with one attached hydrogen (secondary N) is 1. The second-order valence-corrected chi connectivity index (χ2v) is 6.23. The fourth-order valence-corrected chi connectivity index (χ4v) is 2.82. The topological polar surface area (TPSA) is 59.8 Å². The molecule has 1 aromatic heterocycles. The smallest absolute Gasteiger partial charge is 0.234 e. The zero-order valence-electron chi connectivity index (χ0n) is 12.7. The molecule has 0 saturated heterocycles. The molecule has 0 aliphatic rings. The van der Waals surface area contributed by atoms with Crippen molar-refractivity contribution in [2.45, 2.75) is 31.3 Å². The number of aryl methyl sites for hydroxylation is 1. The van der Waals surface area contributed by atoms with Gasteiger partial charge in [0.25, 0.3) is 0 Å². The summed E-state index contributed by atoms with van der Waals surface area (Å²) >= 11 is 7.38. The third kappa shape index (κ3) is 4.48. The number of carbonyl (C=O) groups is 1. The third-order valence-electron chi connectivity index (χ3n) is 3.16. The van der Waals surface area contributed by atoms with Crippen LogP contribution in [-0.2, 0) is 18.3 Å². The highest BCUT2D eigenvalue weighted by Gasteiger charge is 2.12. The van der Waals surface area contributed by atoms with Crippen LogP contribution in [0, 0.1) is 0 Å². The number of carbonyl (C=O) groups excluding carboxylic acids is 1. The molecule has 0 atom stereocenters. The van der Waals surface area contributed by atoms with Crippen molar-refractivity contribution in [1.82, 2.24) is 14.8 Å². The third-order valence-corrected chi connectivity index (χ3v) is 4.51. The minimum Gasteiger partial charge on any atom is -0.324 e. The molecule has 0 unspecified atom stereocenters. The van der Waals surface area contributed by atoms with Crippen LogP contribution in [0.4, 0.5) is 5.69 Å². The Morgan fingerprint density at radius 3 is 2.86 bits per heavy atom. The second kappa shape index (κ2) is 8.19. The van der Waals surface area contributed by atoms with Crippen LogP contribution < -0.4 is 5.32 Å². The number of hydrogen-bond acceptors (Lipinski definition) is 4. The van der Waals surface area contributed by atoms with E-state index < -0.39 is 0 Å². The van der Waals surface area contributed by atoms with Gasteiger partial charge in [-0.1, -0.05) is 48.8 Å².